The molecule has 0 nitrogen and oxygen atoms in total. The molecular formula is C10H10BrF. The lowest BCUT2D eigenvalue weighted by atomic mass is 10.1. The minimum atomic E-state index is -0.198. The van der Waals surface area contributed by atoms with Crippen LogP contribution in [0, 0.1) is 5.82 Å². The van der Waals surface area contributed by atoms with Crippen LogP contribution in [0.3, 0.4) is 0 Å². The van der Waals surface area contributed by atoms with E-state index >= 15 is 0 Å². The molecule has 0 bridgehead atoms. The molecule has 0 aromatic heterocycles. The molecule has 0 amide bonds. The molecule has 0 atom stereocenters. The maximum atomic E-state index is 12.9. The van der Waals surface area contributed by atoms with Gasteiger partial charge in [0, 0.05) is 0 Å². The molecule has 0 spiro atoms. The Hall–Kier alpha value is -0.630. The third kappa shape index (κ3) is 2.45. The van der Waals surface area contributed by atoms with E-state index in [4.69, 9.17) is 0 Å². The molecule has 12 heavy (non-hydrogen) atoms. The smallest absolute Gasteiger partial charge is 0.137 e. The summed E-state index contributed by atoms with van der Waals surface area (Å²) in [5.41, 5.74) is 1.01. The van der Waals surface area contributed by atoms with Crippen molar-refractivity contribution in [1.82, 2.24) is 0 Å². The molecule has 0 fully saturated rings. The van der Waals surface area contributed by atoms with Crippen LogP contribution in [0.1, 0.15) is 12.0 Å². The predicted molar refractivity (Wildman–Crippen MR) is 52.6 cm³/mol. The average molecular weight is 229 g/mol. The topological polar surface area (TPSA) is 0 Å². The van der Waals surface area contributed by atoms with Gasteiger partial charge in [0.2, 0.25) is 0 Å². The number of aryl methyl sites for hydroxylation is 1. The molecule has 0 radical (unpaired) electrons. The van der Waals surface area contributed by atoms with Gasteiger partial charge in [0.25, 0.3) is 0 Å². The van der Waals surface area contributed by atoms with Crippen molar-refractivity contribution in [3.05, 3.63) is 46.7 Å². The minimum absolute atomic E-state index is 0.198. The molecule has 1 aromatic rings. The first kappa shape index (κ1) is 9.46. The van der Waals surface area contributed by atoms with E-state index in [2.05, 4.69) is 22.5 Å². The van der Waals surface area contributed by atoms with Gasteiger partial charge in [0.05, 0.1) is 4.47 Å². The largest absolute Gasteiger partial charge is 0.206 e. The Balaban J connectivity index is 2.75. The van der Waals surface area contributed by atoms with E-state index in [-0.39, 0.29) is 5.82 Å². The fourth-order valence-corrected chi connectivity index (χ4v) is 1.21. The van der Waals surface area contributed by atoms with Crippen LogP contribution < -0.4 is 0 Å². The Labute approximate surface area is 80.2 Å². The summed E-state index contributed by atoms with van der Waals surface area (Å²) in [6, 6.07) is 5.19. The zero-order chi connectivity index (χ0) is 8.97. The van der Waals surface area contributed by atoms with Gasteiger partial charge >= 0.3 is 0 Å². The number of hydrogen-bond donors (Lipinski definition) is 0. The van der Waals surface area contributed by atoms with E-state index in [9.17, 15) is 4.39 Å². The van der Waals surface area contributed by atoms with Crippen LogP contribution in [-0.4, -0.2) is 0 Å². The average Bonchev–Trinajstić information content (AvgIpc) is 2.07. The third-order valence-electron chi connectivity index (χ3n) is 1.62. The van der Waals surface area contributed by atoms with Gasteiger partial charge < -0.3 is 0 Å². The highest BCUT2D eigenvalue weighted by Crippen LogP contribution is 2.17. The highest BCUT2D eigenvalue weighted by molar-refractivity contribution is 9.10. The number of allylic oxidation sites excluding steroid dienone is 1. The zero-order valence-electron chi connectivity index (χ0n) is 6.69. The summed E-state index contributed by atoms with van der Waals surface area (Å²) in [5, 5.41) is 0. The molecule has 0 aliphatic rings. The summed E-state index contributed by atoms with van der Waals surface area (Å²) in [4.78, 5) is 0. The van der Waals surface area contributed by atoms with Gasteiger partial charge in [-0.15, -0.1) is 6.58 Å². The summed E-state index contributed by atoms with van der Waals surface area (Å²) in [5.74, 6) is -0.198. The van der Waals surface area contributed by atoms with E-state index in [0.29, 0.717) is 4.47 Å². The van der Waals surface area contributed by atoms with Crippen LogP contribution in [-0.2, 0) is 6.42 Å². The number of halogens is 2. The van der Waals surface area contributed by atoms with Crippen molar-refractivity contribution in [3.8, 4) is 0 Å². The highest BCUT2D eigenvalue weighted by atomic mass is 79.9. The first-order valence-electron chi connectivity index (χ1n) is 3.79. The molecule has 1 aromatic carbocycles. The van der Waals surface area contributed by atoms with Gasteiger partial charge in [0.1, 0.15) is 5.82 Å². The van der Waals surface area contributed by atoms with Gasteiger partial charge in [-0.05, 0) is 46.5 Å². The Kier molecular flexibility index (Phi) is 3.48. The molecule has 0 unspecified atom stereocenters. The van der Waals surface area contributed by atoms with Gasteiger partial charge in [-0.1, -0.05) is 12.1 Å². The SMILES string of the molecule is C=CCCc1ccc(Br)c(F)c1. The fourth-order valence-electron chi connectivity index (χ4n) is 0.964. The van der Waals surface area contributed by atoms with Crippen molar-refractivity contribution < 1.29 is 4.39 Å². The summed E-state index contributed by atoms with van der Waals surface area (Å²) in [6.45, 7) is 3.61. The molecule has 0 N–H and O–H groups in total. The summed E-state index contributed by atoms with van der Waals surface area (Å²) >= 11 is 3.10. The van der Waals surface area contributed by atoms with Crippen LogP contribution >= 0.6 is 15.9 Å². The Morgan fingerprint density at radius 1 is 1.50 bits per heavy atom. The van der Waals surface area contributed by atoms with Crippen LogP contribution in [0.5, 0.6) is 0 Å². The van der Waals surface area contributed by atoms with Gasteiger partial charge in [-0.3, -0.25) is 0 Å². The molecule has 0 saturated carbocycles. The van der Waals surface area contributed by atoms with Crippen LogP contribution in [0.2, 0.25) is 0 Å². The van der Waals surface area contributed by atoms with E-state index in [1.54, 1.807) is 12.1 Å². The number of hydrogen-bond acceptors (Lipinski definition) is 0. The Morgan fingerprint density at radius 2 is 2.25 bits per heavy atom. The minimum Gasteiger partial charge on any atom is -0.206 e. The second kappa shape index (κ2) is 4.41. The van der Waals surface area contributed by atoms with Crippen LogP contribution in [0.15, 0.2) is 35.3 Å². The lowest BCUT2D eigenvalue weighted by Crippen LogP contribution is -1.85. The van der Waals surface area contributed by atoms with Gasteiger partial charge in [0.15, 0.2) is 0 Å². The van der Waals surface area contributed by atoms with Crippen LogP contribution in [0.25, 0.3) is 0 Å². The molecule has 2 heteroatoms. The first-order chi connectivity index (χ1) is 5.74. The highest BCUT2D eigenvalue weighted by Gasteiger charge is 1.98. The summed E-state index contributed by atoms with van der Waals surface area (Å²) in [7, 11) is 0. The number of benzene rings is 1. The van der Waals surface area contributed by atoms with Crippen molar-refractivity contribution in [2.75, 3.05) is 0 Å². The zero-order valence-corrected chi connectivity index (χ0v) is 8.27. The molecule has 0 heterocycles. The third-order valence-corrected chi connectivity index (χ3v) is 2.26. The summed E-state index contributed by atoms with van der Waals surface area (Å²) in [6.07, 6.45) is 3.58. The lowest BCUT2D eigenvalue weighted by Gasteiger charge is -1.99. The standard InChI is InChI=1S/C10H10BrF/c1-2-3-4-8-5-6-9(11)10(12)7-8/h2,5-7H,1,3-4H2. The molecule has 0 aliphatic heterocycles. The Bertz CT molecular complexity index is 281. The van der Waals surface area contributed by atoms with Crippen molar-refractivity contribution >= 4 is 15.9 Å². The predicted octanol–water partition coefficient (Wildman–Crippen LogP) is 3.71. The molecule has 1 rings (SSSR count). The fraction of sp³-hybridized carbons (Fsp3) is 0.200. The Morgan fingerprint density at radius 3 is 2.83 bits per heavy atom. The molecular weight excluding hydrogens is 219 g/mol. The maximum absolute atomic E-state index is 12.9. The van der Waals surface area contributed by atoms with Crippen LogP contribution in [0.4, 0.5) is 4.39 Å². The van der Waals surface area contributed by atoms with E-state index < -0.39 is 0 Å². The number of rotatable bonds is 3. The van der Waals surface area contributed by atoms with E-state index in [1.165, 1.54) is 0 Å². The normalized spacial score (nSPS) is 9.83. The van der Waals surface area contributed by atoms with Crippen molar-refractivity contribution in [1.29, 1.82) is 0 Å². The van der Waals surface area contributed by atoms with Crippen molar-refractivity contribution in [3.63, 3.8) is 0 Å². The second-order valence-corrected chi connectivity index (χ2v) is 3.43. The molecule has 64 valence electrons. The maximum Gasteiger partial charge on any atom is 0.137 e. The van der Waals surface area contributed by atoms with Crippen molar-refractivity contribution in [2.45, 2.75) is 12.8 Å². The quantitative estimate of drug-likeness (QED) is 0.693. The van der Waals surface area contributed by atoms with Gasteiger partial charge in [-0.2, -0.15) is 0 Å². The van der Waals surface area contributed by atoms with E-state index in [1.807, 2.05) is 12.1 Å². The lowest BCUT2D eigenvalue weighted by molar-refractivity contribution is 0.618. The molecule has 0 aliphatic carbocycles. The van der Waals surface area contributed by atoms with Gasteiger partial charge in [-0.25, -0.2) is 4.39 Å². The monoisotopic (exact) mass is 228 g/mol. The van der Waals surface area contributed by atoms with Crippen molar-refractivity contribution in [2.24, 2.45) is 0 Å². The molecule has 0 saturated heterocycles. The van der Waals surface area contributed by atoms with E-state index in [0.717, 1.165) is 18.4 Å². The first-order valence-corrected chi connectivity index (χ1v) is 4.58. The summed E-state index contributed by atoms with van der Waals surface area (Å²) < 4.78 is 13.5. The second-order valence-electron chi connectivity index (χ2n) is 2.58.